The van der Waals surface area contributed by atoms with E-state index in [1.807, 2.05) is 6.07 Å². The Kier molecular flexibility index (Phi) is 2.60. The van der Waals surface area contributed by atoms with Crippen LogP contribution in [-0.2, 0) is 10.2 Å². The number of rotatable bonds is 2. The molecule has 3 aliphatic rings. The van der Waals surface area contributed by atoms with Crippen molar-refractivity contribution in [1.29, 1.82) is 0 Å². The van der Waals surface area contributed by atoms with Gasteiger partial charge in [-0.3, -0.25) is 4.90 Å². The second-order valence-corrected chi connectivity index (χ2v) is 6.66. The van der Waals surface area contributed by atoms with Gasteiger partial charge in [0.05, 0.1) is 12.2 Å². The summed E-state index contributed by atoms with van der Waals surface area (Å²) in [5.74, 6) is 1.50. The van der Waals surface area contributed by atoms with E-state index in [0.717, 1.165) is 23.6 Å². The summed E-state index contributed by atoms with van der Waals surface area (Å²) in [6, 6.07) is 5.67. The lowest BCUT2D eigenvalue weighted by Gasteiger charge is -2.14. The van der Waals surface area contributed by atoms with E-state index in [4.69, 9.17) is 10.5 Å². The summed E-state index contributed by atoms with van der Waals surface area (Å²) in [6.45, 7) is 1.83. The zero-order chi connectivity index (χ0) is 16.3. The number of aromatic nitrogens is 2. The molecular weight excluding hydrogens is 306 g/mol. The molecule has 2 aromatic rings. The lowest BCUT2D eigenvalue weighted by Crippen LogP contribution is -2.24. The van der Waals surface area contributed by atoms with Crippen LogP contribution in [0.3, 0.4) is 0 Å². The number of amides is 1. The molecule has 7 nitrogen and oxygen atoms in total. The first-order valence-corrected chi connectivity index (χ1v) is 8.11. The summed E-state index contributed by atoms with van der Waals surface area (Å²) in [5, 5.41) is 3.38. The maximum absolute atomic E-state index is 11.8. The number of nitrogens with two attached hydrogens (primary N) is 1. The highest BCUT2D eigenvalue weighted by Crippen LogP contribution is 2.54. The smallest absolute Gasteiger partial charge is 0.415 e. The molecule has 1 saturated heterocycles. The molecule has 5 rings (SSSR count). The standard InChI is InChI=1S/C17H17N5O2/c18-11-6-13(21-14(7-11)22-3-4-24-16(22)23)10-5-12-15(19-8-10)20-9-17(12)1-2-17/h5-8H,1-4,9H2,(H2,18,21)(H,19,20). The summed E-state index contributed by atoms with van der Waals surface area (Å²) in [7, 11) is 0. The number of hydrogen-bond acceptors (Lipinski definition) is 6. The molecule has 7 heteroatoms. The van der Waals surface area contributed by atoms with Crippen molar-refractivity contribution in [2.45, 2.75) is 18.3 Å². The van der Waals surface area contributed by atoms with Gasteiger partial charge in [0.2, 0.25) is 0 Å². The number of anilines is 3. The Bertz CT molecular complexity index is 862. The average molecular weight is 323 g/mol. The van der Waals surface area contributed by atoms with Gasteiger partial charge in [-0.2, -0.15) is 0 Å². The van der Waals surface area contributed by atoms with Gasteiger partial charge in [-0.1, -0.05) is 0 Å². The van der Waals surface area contributed by atoms with Crippen molar-refractivity contribution in [2.75, 3.05) is 35.6 Å². The third kappa shape index (κ3) is 1.94. The third-order valence-electron chi connectivity index (χ3n) is 5.07. The minimum Gasteiger partial charge on any atom is -0.447 e. The van der Waals surface area contributed by atoms with Gasteiger partial charge in [0, 0.05) is 41.0 Å². The molecule has 2 aromatic heterocycles. The van der Waals surface area contributed by atoms with Crippen molar-refractivity contribution in [3.05, 3.63) is 30.0 Å². The average Bonchev–Trinajstić information content (AvgIpc) is 3.10. The van der Waals surface area contributed by atoms with E-state index >= 15 is 0 Å². The van der Waals surface area contributed by atoms with Crippen molar-refractivity contribution < 1.29 is 9.53 Å². The Morgan fingerprint density at radius 2 is 2.17 bits per heavy atom. The molecule has 2 aliphatic heterocycles. The maximum Gasteiger partial charge on any atom is 0.415 e. The van der Waals surface area contributed by atoms with Crippen LogP contribution in [0.4, 0.5) is 22.1 Å². The molecule has 0 aromatic carbocycles. The molecule has 3 N–H and O–H groups in total. The first kappa shape index (κ1) is 13.6. The molecule has 4 heterocycles. The van der Waals surface area contributed by atoms with Crippen LogP contribution in [-0.4, -0.2) is 35.8 Å². The fourth-order valence-electron chi connectivity index (χ4n) is 3.52. The summed E-state index contributed by atoms with van der Waals surface area (Å²) in [6.07, 6.45) is 3.83. The fraction of sp³-hybridized carbons (Fsp3) is 0.353. The minimum absolute atomic E-state index is 0.264. The van der Waals surface area contributed by atoms with Gasteiger partial charge in [-0.15, -0.1) is 0 Å². The molecule has 1 saturated carbocycles. The Morgan fingerprint density at radius 1 is 1.29 bits per heavy atom. The zero-order valence-electron chi connectivity index (χ0n) is 13.1. The predicted molar refractivity (Wildman–Crippen MR) is 90.0 cm³/mol. The van der Waals surface area contributed by atoms with Gasteiger partial charge < -0.3 is 15.8 Å². The number of carbonyl (C=O) groups excluding carboxylic acids is 1. The number of carbonyl (C=O) groups is 1. The first-order valence-electron chi connectivity index (χ1n) is 8.11. The maximum atomic E-state index is 11.8. The van der Waals surface area contributed by atoms with E-state index in [0.29, 0.717) is 24.7 Å². The first-order chi connectivity index (χ1) is 11.6. The van der Waals surface area contributed by atoms with E-state index < -0.39 is 0 Å². The zero-order valence-corrected chi connectivity index (χ0v) is 13.1. The second kappa shape index (κ2) is 4.59. The van der Waals surface area contributed by atoms with Gasteiger partial charge in [0.15, 0.2) is 0 Å². The highest BCUT2D eigenvalue weighted by atomic mass is 16.6. The molecule has 2 fully saturated rings. The molecule has 1 aliphatic carbocycles. The van der Waals surface area contributed by atoms with Crippen LogP contribution in [0, 0.1) is 0 Å². The molecule has 122 valence electrons. The largest absolute Gasteiger partial charge is 0.447 e. The van der Waals surface area contributed by atoms with Crippen LogP contribution >= 0.6 is 0 Å². The minimum atomic E-state index is -0.382. The SMILES string of the molecule is Nc1cc(-c2cnc3c(c2)C2(CC2)CN3)nc(N2CCOC2=O)c1. The summed E-state index contributed by atoms with van der Waals surface area (Å²) < 4.78 is 4.99. The van der Waals surface area contributed by atoms with Gasteiger partial charge >= 0.3 is 6.09 Å². The van der Waals surface area contributed by atoms with E-state index in [-0.39, 0.29) is 11.5 Å². The van der Waals surface area contributed by atoms with Crippen LogP contribution in [0.15, 0.2) is 24.4 Å². The lowest BCUT2D eigenvalue weighted by atomic mass is 9.98. The van der Waals surface area contributed by atoms with Crippen LogP contribution in [0.2, 0.25) is 0 Å². The molecule has 1 amide bonds. The van der Waals surface area contributed by atoms with Crippen LogP contribution in [0.1, 0.15) is 18.4 Å². The Balaban J connectivity index is 1.58. The Hall–Kier alpha value is -2.83. The Morgan fingerprint density at radius 3 is 2.92 bits per heavy atom. The fourth-order valence-corrected chi connectivity index (χ4v) is 3.52. The molecule has 0 atom stereocenters. The molecule has 24 heavy (non-hydrogen) atoms. The number of nitrogens with one attached hydrogen (secondary N) is 1. The van der Waals surface area contributed by atoms with Crippen LogP contribution < -0.4 is 16.0 Å². The number of fused-ring (bicyclic) bond motifs is 2. The van der Waals surface area contributed by atoms with E-state index in [1.165, 1.54) is 23.3 Å². The molecule has 0 unspecified atom stereocenters. The van der Waals surface area contributed by atoms with Gasteiger partial charge in [0.1, 0.15) is 18.2 Å². The quantitative estimate of drug-likeness (QED) is 0.879. The monoisotopic (exact) mass is 323 g/mol. The van der Waals surface area contributed by atoms with E-state index in [1.54, 1.807) is 12.3 Å². The van der Waals surface area contributed by atoms with E-state index in [9.17, 15) is 4.79 Å². The molecule has 0 radical (unpaired) electrons. The number of ether oxygens (including phenoxy) is 1. The van der Waals surface area contributed by atoms with E-state index in [2.05, 4.69) is 21.4 Å². The van der Waals surface area contributed by atoms with Crippen molar-refractivity contribution in [2.24, 2.45) is 0 Å². The normalized spacial score (nSPS) is 20.0. The molecular formula is C17H17N5O2. The predicted octanol–water partition coefficient (Wildman–Crippen LogP) is 2.14. The molecule has 0 bridgehead atoms. The lowest BCUT2D eigenvalue weighted by molar-refractivity contribution is 0.181. The van der Waals surface area contributed by atoms with Gasteiger partial charge in [-0.05, 0) is 25.0 Å². The number of nitrogens with zero attached hydrogens (tertiary/aromatic N) is 3. The summed E-state index contributed by atoms with van der Waals surface area (Å²) in [4.78, 5) is 22.4. The Labute approximate surface area is 138 Å². The third-order valence-corrected chi connectivity index (χ3v) is 5.07. The number of hydrogen-bond donors (Lipinski definition) is 2. The topological polar surface area (TPSA) is 93.4 Å². The number of nitrogen functional groups attached to an aromatic ring is 1. The van der Waals surface area contributed by atoms with Crippen molar-refractivity contribution in [3.63, 3.8) is 0 Å². The van der Waals surface area contributed by atoms with Gasteiger partial charge in [-0.25, -0.2) is 14.8 Å². The van der Waals surface area contributed by atoms with Crippen molar-refractivity contribution in [3.8, 4) is 11.3 Å². The van der Waals surface area contributed by atoms with Crippen molar-refractivity contribution >= 4 is 23.4 Å². The summed E-state index contributed by atoms with van der Waals surface area (Å²) in [5.41, 5.74) is 9.78. The number of pyridine rings is 2. The summed E-state index contributed by atoms with van der Waals surface area (Å²) >= 11 is 0. The second-order valence-electron chi connectivity index (χ2n) is 6.66. The van der Waals surface area contributed by atoms with Crippen LogP contribution in [0.5, 0.6) is 0 Å². The van der Waals surface area contributed by atoms with Crippen LogP contribution in [0.25, 0.3) is 11.3 Å². The highest BCUT2D eigenvalue weighted by Gasteiger charge is 2.49. The number of cyclic esters (lactones) is 1. The van der Waals surface area contributed by atoms with Gasteiger partial charge in [0.25, 0.3) is 0 Å². The molecule has 1 spiro atoms. The highest BCUT2D eigenvalue weighted by molar-refractivity contribution is 5.89. The van der Waals surface area contributed by atoms with Crippen molar-refractivity contribution in [1.82, 2.24) is 9.97 Å².